The summed E-state index contributed by atoms with van der Waals surface area (Å²) >= 11 is 5.47. The van der Waals surface area contributed by atoms with Crippen LogP contribution in [-0.2, 0) is 5.13 Å². The van der Waals surface area contributed by atoms with Crippen molar-refractivity contribution in [1.29, 1.82) is 0 Å². The molecule has 0 aliphatic rings. The number of furan rings is 2. The topological polar surface area (TPSA) is 43.4 Å². The Hall–Kier alpha value is -1.55. The molecule has 0 aromatic carbocycles. The maximum Gasteiger partial charge on any atom is 0.306 e. The summed E-state index contributed by atoms with van der Waals surface area (Å²) in [6, 6.07) is 5.54. The van der Waals surface area contributed by atoms with Crippen molar-refractivity contribution in [3.63, 3.8) is 0 Å². The maximum atomic E-state index is 13.9. The van der Waals surface area contributed by atoms with Crippen molar-refractivity contribution in [2.45, 2.75) is 5.13 Å². The summed E-state index contributed by atoms with van der Waals surface area (Å²) in [6.07, 6.45) is 2.50. The molecule has 0 fully saturated rings. The van der Waals surface area contributed by atoms with E-state index in [9.17, 15) is 9.18 Å². The van der Waals surface area contributed by atoms with E-state index in [1.54, 1.807) is 0 Å². The van der Waals surface area contributed by atoms with Crippen LogP contribution in [0.3, 0.4) is 0 Å². The van der Waals surface area contributed by atoms with Gasteiger partial charge in [0.15, 0.2) is 11.5 Å². The molecule has 2 rings (SSSR count). The van der Waals surface area contributed by atoms with Gasteiger partial charge >= 0.3 is 5.13 Å². The number of hydrogen-bond acceptors (Lipinski definition) is 3. The summed E-state index contributed by atoms with van der Waals surface area (Å²) in [6.45, 7) is 0. The second-order valence-electron chi connectivity index (χ2n) is 2.86. The highest BCUT2D eigenvalue weighted by atomic mass is 35.5. The van der Waals surface area contributed by atoms with E-state index in [4.69, 9.17) is 20.4 Å². The molecule has 2 aromatic rings. The van der Waals surface area contributed by atoms with E-state index in [-0.39, 0.29) is 11.5 Å². The van der Waals surface area contributed by atoms with Crippen molar-refractivity contribution in [1.82, 2.24) is 0 Å². The highest BCUT2D eigenvalue weighted by molar-refractivity contribution is 6.35. The molecular formula is C10H6ClFO3. The van der Waals surface area contributed by atoms with Gasteiger partial charge in [0.25, 0.3) is 5.78 Å². The van der Waals surface area contributed by atoms with Gasteiger partial charge in [-0.15, -0.1) is 0 Å². The standard InChI is InChI=1S/C10H6ClFO3/c11-10(12,8-4-2-6-15-8)9(13)7-3-1-5-14-7/h1-6H. The molecule has 1 atom stereocenters. The molecule has 5 heteroatoms. The summed E-state index contributed by atoms with van der Waals surface area (Å²) < 4.78 is 23.4. The number of ketones is 1. The molecule has 0 saturated carbocycles. The molecule has 15 heavy (non-hydrogen) atoms. The molecule has 0 aliphatic heterocycles. The summed E-state index contributed by atoms with van der Waals surface area (Å²) in [4.78, 5) is 11.6. The number of carbonyl (C=O) groups is 1. The molecule has 0 spiro atoms. The largest absolute Gasteiger partial charge is 0.464 e. The molecular weight excluding hydrogens is 223 g/mol. The van der Waals surface area contributed by atoms with E-state index in [0.717, 1.165) is 0 Å². The van der Waals surface area contributed by atoms with Crippen LogP contribution in [0.1, 0.15) is 16.3 Å². The Morgan fingerprint density at radius 2 is 1.93 bits per heavy atom. The molecule has 2 aromatic heterocycles. The van der Waals surface area contributed by atoms with Crippen LogP contribution >= 0.6 is 11.6 Å². The first-order valence-corrected chi connectivity index (χ1v) is 4.50. The third kappa shape index (κ3) is 1.68. The van der Waals surface area contributed by atoms with Crippen molar-refractivity contribution in [3.8, 4) is 0 Å². The van der Waals surface area contributed by atoms with Crippen molar-refractivity contribution >= 4 is 17.4 Å². The number of Topliss-reactive ketones (excluding diaryl/α,β-unsaturated/α-hetero) is 1. The highest BCUT2D eigenvalue weighted by Crippen LogP contribution is 2.34. The third-order valence-electron chi connectivity index (χ3n) is 1.86. The van der Waals surface area contributed by atoms with Gasteiger partial charge in [-0.05, 0) is 24.3 Å². The fourth-order valence-corrected chi connectivity index (χ4v) is 1.33. The zero-order valence-electron chi connectivity index (χ0n) is 7.44. The molecule has 3 nitrogen and oxygen atoms in total. The highest BCUT2D eigenvalue weighted by Gasteiger charge is 2.43. The van der Waals surface area contributed by atoms with E-state index in [1.165, 1.54) is 36.8 Å². The number of alkyl halides is 2. The third-order valence-corrected chi connectivity index (χ3v) is 2.22. The Kier molecular flexibility index (Phi) is 2.36. The summed E-state index contributed by atoms with van der Waals surface area (Å²) in [5.41, 5.74) is 0. The Morgan fingerprint density at radius 3 is 2.47 bits per heavy atom. The average molecular weight is 229 g/mol. The monoisotopic (exact) mass is 228 g/mol. The lowest BCUT2D eigenvalue weighted by Gasteiger charge is -2.11. The van der Waals surface area contributed by atoms with E-state index >= 15 is 0 Å². The lowest BCUT2D eigenvalue weighted by molar-refractivity contribution is 0.0766. The van der Waals surface area contributed by atoms with Gasteiger partial charge in [-0.2, -0.15) is 0 Å². The van der Waals surface area contributed by atoms with Crippen LogP contribution < -0.4 is 0 Å². The van der Waals surface area contributed by atoms with Gasteiger partial charge in [0, 0.05) is 0 Å². The summed E-state index contributed by atoms with van der Waals surface area (Å²) in [5, 5.41) is -2.72. The van der Waals surface area contributed by atoms with E-state index in [0.29, 0.717) is 0 Å². The first-order valence-electron chi connectivity index (χ1n) is 4.12. The Morgan fingerprint density at radius 1 is 1.27 bits per heavy atom. The van der Waals surface area contributed by atoms with Gasteiger partial charge in [-0.3, -0.25) is 4.79 Å². The minimum absolute atomic E-state index is 0.149. The van der Waals surface area contributed by atoms with E-state index < -0.39 is 10.9 Å². The van der Waals surface area contributed by atoms with Crippen LogP contribution in [0.2, 0.25) is 0 Å². The first kappa shape index (κ1) is 9.98. The number of halogens is 2. The maximum absolute atomic E-state index is 13.9. The van der Waals surface area contributed by atoms with E-state index in [2.05, 4.69) is 0 Å². The van der Waals surface area contributed by atoms with Crippen LogP contribution in [0.15, 0.2) is 45.6 Å². The van der Waals surface area contributed by atoms with Gasteiger partial charge in [0.2, 0.25) is 0 Å². The number of hydrogen-bond donors (Lipinski definition) is 0. The molecule has 0 amide bonds. The minimum Gasteiger partial charge on any atom is -0.464 e. The van der Waals surface area contributed by atoms with Gasteiger partial charge in [0.1, 0.15) is 0 Å². The second-order valence-corrected chi connectivity index (χ2v) is 3.38. The molecule has 0 saturated heterocycles. The van der Waals surface area contributed by atoms with Gasteiger partial charge in [-0.25, -0.2) is 4.39 Å². The predicted octanol–water partition coefficient (Wildman–Crippen LogP) is 3.12. The lowest BCUT2D eigenvalue weighted by atomic mass is 10.1. The van der Waals surface area contributed by atoms with Crippen LogP contribution in [0.4, 0.5) is 4.39 Å². The van der Waals surface area contributed by atoms with Crippen molar-refractivity contribution in [3.05, 3.63) is 48.3 Å². The average Bonchev–Trinajstić information content (AvgIpc) is 2.89. The van der Waals surface area contributed by atoms with Crippen LogP contribution in [-0.4, -0.2) is 5.78 Å². The minimum atomic E-state index is -2.72. The normalized spacial score (nSPS) is 14.8. The zero-order valence-corrected chi connectivity index (χ0v) is 8.20. The molecule has 0 N–H and O–H groups in total. The second kappa shape index (κ2) is 3.55. The molecule has 0 radical (unpaired) electrons. The quantitative estimate of drug-likeness (QED) is 0.599. The summed E-state index contributed by atoms with van der Waals surface area (Å²) in [7, 11) is 0. The smallest absolute Gasteiger partial charge is 0.306 e. The van der Waals surface area contributed by atoms with Crippen molar-refractivity contribution < 1.29 is 18.0 Å². The van der Waals surface area contributed by atoms with Crippen LogP contribution in [0.5, 0.6) is 0 Å². The molecule has 0 bridgehead atoms. The van der Waals surface area contributed by atoms with Crippen LogP contribution in [0.25, 0.3) is 0 Å². The van der Waals surface area contributed by atoms with Gasteiger partial charge in [-0.1, -0.05) is 11.6 Å². The number of carbonyl (C=O) groups excluding carboxylic acids is 1. The van der Waals surface area contributed by atoms with Gasteiger partial charge < -0.3 is 8.83 Å². The molecule has 1 unspecified atom stereocenters. The fraction of sp³-hybridized carbons (Fsp3) is 0.100. The first-order chi connectivity index (χ1) is 7.12. The number of rotatable bonds is 3. The molecule has 2 heterocycles. The van der Waals surface area contributed by atoms with Crippen molar-refractivity contribution in [2.24, 2.45) is 0 Å². The Bertz CT molecular complexity index is 445. The lowest BCUT2D eigenvalue weighted by Crippen LogP contribution is -2.23. The van der Waals surface area contributed by atoms with Crippen LogP contribution in [0, 0.1) is 0 Å². The molecule has 78 valence electrons. The van der Waals surface area contributed by atoms with Gasteiger partial charge in [0.05, 0.1) is 12.5 Å². The SMILES string of the molecule is O=C(c1ccco1)C(F)(Cl)c1ccco1. The Balaban J connectivity index is 2.35. The summed E-state index contributed by atoms with van der Waals surface area (Å²) in [5.74, 6) is -1.39. The predicted molar refractivity (Wildman–Crippen MR) is 50.4 cm³/mol. The fourth-order valence-electron chi connectivity index (χ4n) is 1.13. The Labute approximate surface area is 89.4 Å². The zero-order chi connectivity index (χ0) is 10.9. The van der Waals surface area contributed by atoms with E-state index in [1.807, 2.05) is 0 Å². The van der Waals surface area contributed by atoms with Crippen molar-refractivity contribution in [2.75, 3.05) is 0 Å². The molecule has 0 aliphatic carbocycles.